The Morgan fingerprint density at radius 2 is 1.95 bits per heavy atom. The molecule has 3 N–H and O–H groups in total. The Balaban J connectivity index is 2.02. The number of alkyl halides is 3. The summed E-state index contributed by atoms with van der Waals surface area (Å²) in [5.41, 5.74) is 6.23. The van der Waals surface area contributed by atoms with Crippen molar-refractivity contribution in [3.8, 4) is 5.75 Å². The molecular weight excluding hydrogens is 293 g/mol. The van der Waals surface area contributed by atoms with E-state index in [9.17, 15) is 13.2 Å². The van der Waals surface area contributed by atoms with Crippen LogP contribution in [0.5, 0.6) is 5.75 Å². The van der Waals surface area contributed by atoms with Gasteiger partial charge in [-0.1, -0.05) is 23.9 Å². The number of thioether (sulfide) groups is 1. The smallest absolute Gasteiger partial charge is 0.406 e. The van der Waals surface area contributed by atoms with Crippen LogP contribution in [0.4, 0.5) is 19.1 Å². The van der Waals surface area contributed by atoms with Crippen LogP contribution in [0, 0.1) is 0 Å². The fourth-order valence-electron chi connectivity index (χ4n) is 1.48. The molecule has 1 atom stereocenters. The van der Waals surface area contributed by atoms with Crippen LogP contribution in [0.25, 0.3) is 0 Å². The standard InChI is InChI=1S/C11H11F3N4OS/c1-6(20-10-16-9(15)17-18-10)7-2-4-8(5-3-7)19-11(12,13)14/h2-6H,1H3,(H3,15,16,17,18). The molecule has 108 valence electrons. The van der Waals surface area contributed by atoms with Crippen molar-refractivity contribution < 1.29 is 17.9 Å². The number of nitrogens with one attached hydrogen (secondary N) is 1. The first-order valence-corrected chi connectivity index (χ1v) is 6.42. The number of anilines is 1. The lowest BCUT2D eigenvalue weighted by Crippen LogP contribution is -2.17. The number of nitrogens with two attached hydrogens (primary N) is 1. The minimum Gasteiger partial charge on any atom is -0.406 e. The van der Waals surface area contributed by atoms with Gasteiger partial charge >= 0.3 is 6.36 Å². The average molecular weight is 304 g/mol. The van der Waals surface area contributed by atoms with Gasteiger partial charge in [0, 0.05) is 5.25 Å². The van der Waals surface area contributed by atoms with Crippen molar-refractivity contribution >= 4 is 17.7 Å². The van der Waals surface area contributed by atoms with Crippen LogP contribution in [-0.2, 0) is 0 Å². The maximum Gasteiger partial charge on any atom is 0.573 e. The van der Waals surface area contributed by atoms with Crippen LogP contribution >= 0.6 is 11.8 Å². The van der Waals surface area contributed by atoms with E-state index in [1.165, 1.54) is 23.9 Å². The molecule has 1 unspecified atom stereocenters. The molecule has 1 heterocycles. The van der Waals surface area contributed by atoms with Gasteiger partial charge in [0.2, 0.25) is 11.1 Å². The molecular formula is C11H11F3N4OS. The summed E-state index contributed by atoms with van der Waals surface area (Å²) in [7, 11) is 0. The summed E-state index contributed by atoms with van der Waals surface area (Å²) in [6, 6.07) is 5.67. The summed E-state index contributed by atoms with van der Waals surface area (Å²) in [4.78, 5) is 3.94. The lowest BCUT2D eigenvalue weighted by Gasteiger charge is -2.12. The molecule has 0 aliphatic rings. The first kappa shape index (κ1) is 14.5. The molecule has 0 spiro atoms. The molecule has 0 saturated carbocycles. The molecule has 2 aromatic rings. The number of nitrogens with zero attached hydrogens (tertiary/aromatic N) is 2. The number of halogens is 3. The lowest BCUT2D eigenvalue weighted by molar-refractivity contribution is -0.274. The summed E-state index contributed by atoms with van der Waals surface area (Å²) in [6.45, 7) is 1.89. The first-order valence-electron chi connectivity index (χ1n) is 5.54. The molecule has 0 aliphatic heterocycles. The van der Waals surface area contributed by atoms with Crippen molar-refractivity contribution in [3.63, 3.8) is 0 Å². The topological polar surface area (TPSA) is 76.8 Å². The van der Waals surface area contributed by atoms with Gasteiger partial charge in [-0.3, -0.25) is 0 Å². The summed E-state index contributed by atoms with van der Waals surface area (Å²) >= 11 is 1.34. The number of hydrogen-bond donors (Lipinski definition) is 2. The number of benzene rings is 1. The quantitative estimate of drug-likeness (QED) is 0.849. The number of H-pyrrole nitrogens is 1. The average Bonchev–Trinajstić information content (AvgIpc) is 2.73. The van der Waals surface area contributed by atoms with Gasteiger partial charge in [0.15, 0.2) is 0 Å². The second-order valence-corrected chi connectivity index (χ2v) is 5.19. The molecule has 5 nitrogen and oxygen atoms in total. The van der Waals surface area contributed by atoms with Crippen LogP contribution in [0.1, 0.15) is 17.7 Å². The fourth-order valence-corrected chi connectivity index (χ4v) is 2.34. The van der Waals surface area contributed by atoms with Gasteiger partial charge in [0.05, 0.1) is 0 Å². The number of aromatic nitrogens is 3. The Bertz CT molecular complexity index is 570. The van der Waals surface area contributed by atoms with Crippen LogP contribution in [0.2, 0.25) is 0 Å². The Kier molecular flexibility index (Phi) is 4.07. The summed E-state index contributed by atoms with van der Waals surface area (Å²) < 4.78 is 39.9. The number of nitrogen functional groups attached to an aromatic ring is 1. The number of hydrogen-bond acceptors (Lipinski definition) is 5. The molecule has 0 amide bonds. The zero-order valence-corrected chi connectivity index (χ0v) is 11.1. The van der Waals surface area contributed by atoms with E-state index in [-0.39, 0.29) is 16.9 Å². The van der Waals surface area contributed by atoms with E-state index >= 15 is 0 Å². The summed E-state index contributed by atoms with van der Waals surface area (Å²) in [5, 5.41) is 6.83. The minimum atomic E-state index is -4.68. The summed E-state index contributed by atoms with van der Waals surface area (Å²) in [5.74, 6) is -0.0331. The highest BCUT2D eigenvalue weighted by Crippen LogP contribution is 2.34. The SMILES string of the molecule is CC(Sc1n[nH]c(N)n1)c1ccc(OC(F)(F)F)cc1. The molecule has 20 heavy (non-hydrogen) atoms. The predicted molar refractivity (Wildman–Crippen MR) is 68.2 cm³/mol. The molecule has 1 aromatic carbocycles. The van der Waals surface area contributed by atoms with Gasteiger partial charge in [-0.25, -0.2) is 5.10 Å². The predicted octanol–water partition coefficient (Wildman–Crippen LogP) is 3.14. The monoisotopic (exact) mass is 304 g/mol. The second kappa shape index (κ2) is 5.61. The third-order valence-corrected chi connectivity index (χ3v) is 3.37. The number of ether oxygens (including phenoxy) is 1. The van der Waals surface area contributed by atoms with Gasteiger partial charge in [-0.15, -0.1) is 18.3 Å². The Hall–Kier alpha value is -1.90. The Morgan fingerprint density at radius 1 is 1.30 bits per heavy atom. The largest absolute Gasteiger partial charge is 0.573 e. The molecule has 0 aliphatic carbocycles. The zero-order valence-electron chi connectivity index (χ0n) is 10.3. The van der Waals surface area contributed by atoms with Crippen LogP contribution in [0.15, 0.2) is 29.4 Å². The first-order chi connectivity index (χ1) is 9.33. The highest BCUT2D eigenvalue weighted by Gasteiger charge is 2.31. The van der Waals surface area contributed by atoms with E-state index < -0.39 is 6.36 Å². The van der Waals surface area contributed by atoms with Gasteiger partial charge < -0.3 is 10.5 Å². The Labute approximate surface area is 116 Å². The molecule has 0 saturated heterocycles. The molecule has 0 radical (unpaired) electrons. The fraction of sp³-hybridized carbons (Fsp3) is 0.273. The van der Waals surface area contributed by atoms with Crippen molar-refractivity contribution in [1.29, 1.82) is 0 Å². The van der Waals surface area contributed by atoms with Gasteiger partial charge in [0.1, 0.15) is 5.75 Å². The van der Waals surface area contributed by atoms with Gasteiger partial charge in [-0.2, -0.15) is 4.98 Å². The van der Waals surface area contributed by atoms with Crippen LogP contribution < -0.4 is 10.5 Å². The van der Waals surface area contributed by atoms with E-state index in [1.54, 1.807) is 12.1 Å². The normalized spacial score (nSPS) is 13.2. The molecule has 9 heteroatoms. The maximum absolute atomic E-state index is 12.0. The Morgan fingerprint density at radius 3 is 2.45 bits per heavy atom. The maximum atomic E-state index is 12.0. The van der Waals surface area contributed by atoms with E-state index in [0.717, 1.165) is 5.56 Å². The van der Waals surface area contributed by atoms with Crippen molar-refractivity contribution in [2.45, 2.75) is 23.7 Å². The van der Waals surface area contributed by atoms with E-state index in [2.05, 4.69) is 19.9 Å². The molecule has 1 aromatic heterocycles. The second-order valence-electron chi connectivity index (χ2n) is 3.88. The van der Waals surface area contributed by atoms with Crippen molar-refractivity contribution in [1.82, 2.24) is 15.2 Å². The minimum absolute atomic E-state index is 0.0369. The van der Waals surface area contributed by atoms with Crippen molar-refractivity contribution in [3.05, 3.63) is 29.8 Å². The summed E-state index contributed by atoms with van der Waals surface area (Å²) in [6.07, 6.45) is -4.68. The van der Waals surface area contributed by atoms with E-state index in [1.807, 2.05) is 6.92 Å². The molecule has 0 fully saturated rings. The van der Waals surface area contributed by atoms with Crippen LogP contribution in [0.3, 0.4) is 0 Å². The van der Waals surface area contributed by atoms with Gasteiger partial charge in [-0.05, 0) is 24.6 Å². The van der Waals surface area contributed by atoms with E-state index in [4.69, 9.17) is 5.73 Å². The molecule has 0 bridgehead atoms. The van der Waals surface area contributed by atoms with Crippen LogP contribution in [-0.4, -0.2) is 21.5 Å². The third kappa shape index (κ3) is 4.05. The van der Waals surface area contributed by atoms with Crippen molar-refractivity contribution in [2.75, 3.05) is 5.73 Å². The number of rotatable bonds is 4. The van der Waals surface area contributed by atoms with Crippen molar-refractivity contribution in [2.24, 2.45) is 0 Å². The molecule has 2 rings (SSSR count). The third-order valence-electron chi connectivity index (χ3n) is 2.35. The van der Waals surface area contributed by atoms with Gasteiger partial charge in [0.25, 0.3) is 0 Å². The zero-order chi connectivity index (χ0) is 14.8. The highest BCUT2D eigenvalue weighted by molar-refractivity contribution is 7.99. The van der Waals surface area contributed by atoms with E-state index in [0.29, 0.717) is 5.16 Å². The number of aromatic amines is 1. The lowest BCUT2D eigenvalue weighted by atomic mass is 10.2. The highest BCUT2D eigenvalue weighted by atomic mass is 32.2.